The molecule has 2 rings (SSSR count). The highest BCUT2D eigenvalue weighted by molar-refractivity contribution is 7.99. The molecule has 0 aromatic carbocycles. The van der Waals surface area contributed by atoms with E-state index >= 15 is 0 Å². The molecule has 0 bridgehead atoms. The van der Waals surface area contributed by atoms with Crippen molar-refractivity contribution in [2.45, 2.75) is 98.4 Å². The molecule has 4 unspecified atom stereocenters. The summed E-state index contributed by atoms with van der Waals surface area (Å²) in [6.07, 6.45) is 27.7. The third-order valence-corrected chi connectivity index (χ3v) is 7.71. The molecule has 0 amide bonds. The molecule has 2 heteroatoms. The van der Waals surface area contributed by atoms with Gasteiger partial charge in [-0.25, -0.2) is 0 Å². The zero-order valence-electron chi connectivity index (χ0n) is 21.2. The van der Waals surface area contributed by atoms with Crippen molar-refractivity contribution in [2.24, 2.45) is 17.8 Å². The van der Waals surface area contributed by atoms with Crippen LogP contribution in [-0.2, 0) is 0 Å². The number of hydrogen-bond donors (Lipinski definition) is 1. The molecule has 0 fully saturated rings. The van der Waals surface area contributed by atoms with Gasteiger partial charge in [0.15, 0.2) is 0 Å². The van der Waals surface area contributed by atoms with Crippen molar-refractivity contribution < 1.29 is 0 Å². The summed E-state index contributed by atoms with van der Waals surface area (Å²) in [6, 6.07) is 0.734. The molecular weight excluding hydrogens is 394 g/mol. The minimum absolute atomic E-state index is 0.734. The Balaban J connectivity index is 0.000000399. The summed E-state index contributed by atoms with van der Waals surface area (Å²) in [5.74, 6) is 4.92. The van der Waals surface area contributed by atoms with E-state index in [2.05, 4.69) is 94.2 Å². The topological polar surface area (TPSA) is 12.0 Å². The van der Waals surface area contributed by atoms with E-state index in [9.17, 15) is 0 Å². The molecule has 1 N–H and O–H groups in total. The van der Waals surface area contributed by atoms with E-state index < -0.39 is 0 Å². The molecule has 4 atom stereocenters. The van der Waals surface area contributed by atoms with Crippen LogP contribution in [0.25, 0.3) is 0 Å². The summed E-state index contributed by atoms with van der Waals surface area (Å²) in [6.45, 7) is 12.6. The molecule has 0 aromatic heterocycles. The van der Waals surface area contributed by atoms with Gasteiger partial charge in [-0.1, -0.05) is 96.4 Å². The second-order valence-corrected chi connectivity index (χ2v) is 10.4. The fourth-order valence-electron chi connectivity index (χ4n) is 4.01. The number of unbranched alkanes of at least 4 members (excludes halogenated alkanes) is 1. The van der Waals surface area contributed by atoms with Crippen molar-refractivity contribution in [3.8, 4) is 0 Å². The van der Waals surface area contributed by atoms with E-state index in [1.807, 2.05) is 0 Å². The SMILES string of the molecule is CCC(C)C1C=CC=CC1.CCCCC(CCSCC1=CCC(CC)C=C1)NCCC. The van der Waals surface area contributed by atoms with Crippen LogP contribution in [0.5, 0.6) is 0 Å². The summed E-state index contributed by atoms with van der Waals surface area (Å²) >= 11 is 2.10. The molecule has 0 saturated carbocycles. The number of hydrogen-bond acceptors (Lipinski definition) is 2. The zero-order valence-corrected chi connectivity index (χ0v) is 22.1. The number of allylic oxidation sites excluding steroid dienone is 7. The van der Waals surface area contributed by atoms with Gasteiger partial charge in [-0.2, -0.15) is 11.8 Å². The number of rotatable bonds is 14. The summed E-state index contributed by atoms with van der Waals surface area (Å²) in [5.41, 5.74) is 1.54. The van der Waals surface area contributed by atoms with Gasteiger partial charge in [-0.15, -0.1) is 0 Å². The molecule has 0 aliphatic heterocycles. The van der Waals surface area contributed by atoms with Crippen LogP contribution >= 0.6 is 11.8 Å². The second kappa shape index (κ2) is 18.8. The van der Waals surface area contributed by atoms with Crippen molar-refractivity contribution >= 4 is 11.8 Å². The fraction of sp³-hybridized carbons (Fsp3) is 0.724. The van der Waals surface area contributed by atoms with Crippen LogP contribution in [0.3, 0.4) is 0 Å². The van der Waals surface area contributed by atoms with Gasteiger partial charge in [0, 0.05) is 11.8 Å². The maximum Gasteiger partial charge on any atom is 0.0181 e. The first-order chi connectivity index (χ1) is 15.1. The Morgan fingerprint density at radius 1 is 1.03 bits per heavy atom. The standard InChI is InChI=1S/C19H35NS.C10H16/c1-4-7-8-19(20-14-5-2)13-15-21-16-18-11-9-17(6-3)10-12-18;1-3-9(2)10-7-5-4-6-8-10/h9,11-12,17,19-20H,4-8,10,13-16H2,1-3H3;4-7,9-10H,3,8H2,1-2H3. The second-order valence-electron chi connectivity index (χ2n) is 9.27. The van der Waals surface area contributed by atoms with Crippen molar-refractivity contribution in [3.05, 3.63) is 48.1 Å². The molecule has 0 saturated heterocycles. The average molecular weight is 446 g/mol. The molecular formula is C29H51NS. The highest BCUT2D eigenvalue weighted by atomic mass is 32.2. The van der Waals surface area contributed by atoms with Crippen LogP contribution in [-0.4, -0.2) is 24.1 Å². The molecule has 2 aliphatic rings. The van der Waals surface area contributed by atoms with Gasteiger partial charge in [0.25, 0.3) is 0 Å². The minimum Gasteiger partial charge on any atom is -0.314 e. The summed E-state index contributed by atoms with van der Waals surface area (Å²) in [7, 11) is 0. The Morgan fingerprint density at radius 3 is 2.45 bits per heavy atom. The van der Waals surface area contributed by atoms with E-state index in [0.29, 0.717) is 0 Å². The lowest BCUT2D eigenvalue weighted by Gasteiger charge is -2.19. The monoisotopic (exact) mass is 445 g/mol. The summed E-state index contributed by atoms with van der Waals surface area (Å²) in [4.78, 5) is 0. The van der Waals surface area contributed by atoms with E-state index in [4.69, 9.17) is 0 Å². The molecule has 0 spiro atoms. The smallest absolute Gasteiger partial charge is 0.0181 e. The van der Waals surface area contributed by atoms with E-state index in [1.54, 1.807) is 0 Å². The van der Waals surface area contributed by atoms with Crippen molar-refractivity contribution in [3.63, 3.8) is 0 Å². The van der Waals surface area contributed by atoms with E-state index in [1.165, 1.54) is 81.4 Å². The highest BCUT2D eigenvalue weighted by Gasteiger charge is 2.11. The van der Waals surface area contributed by atoms with Crippen LogP contribution in [0.1, 0.15) is 92.4 Å². The predicted octanol–water partition coefficient (Wildman–Crippen LogP) is 8.75. The zero-order chi connectivity index (χ0) is 22.7. The van der Waals surface area contributed by atoms with Crippen molar-refractivity contribution in [1.29, 1.82) is 0 Å². The maximum absolute atomic E-state index is 3.71. The highest BCUT2D eigenvalue weighted by Crippen LogP contribution is 2.23. The Kier molecular flexibility index (Phi) is 17.2. The first-order valence-electron chi connectivity index (χ1n) is 13.2. The van der Waals surface area contributed by atoms with Crippen LogP contribution in [0, 0.1) is 17.8 Å². The molecule has 0 radical (unpaired) electrons. The Labute approximate surface area is 199 Å². The van der Waals surface area contributed by atoms with Gasteiger partial charge < -0.3 is 5.32 Å². The molecule has 0 heterocycles. The van der Waals surface area contributed by atoms with Gasteiger partial charge >= 0.3 is 0 Å². The third-order valence-electron chi connectivity index (χ3n) is 6.65. The normalized spacial score (nSPS) is 21.9. The minimum atomic E-state index is 0.734. The number of nitrogens with one attached hydrogen (secondary N) is 1. The lowest BCUT2D eigenvalue weighted by molar-refractivity contribution is 0.417. The Morgan fingerprint density at radius 2 is 1.87 bits per heavy atom. The Bertz CT molecular complexity index is 537. The lowest BCUT2D eigenvalue weighted by Crippen LogP contribution is -2.30. The summed E-state index contributed by atoms with van der Waals surface area (Å²) in [5, 5.41) is 3.71. The molecule has 178 valence electrons. The molecule has 1 nitrogen and oxygen atoms in total. The Hall–Kier alpha value is -0.730. The van der Waals surface area contributed by atoms with Crippen LogP contribution in [0.2, 0.25) is 0 Å². The van der Waals surface area contributed by atoms with Gasteiger partial charge in [0.2, 0.25) is 0 Å². The van der Waals surface area contributed by atoms with Gasteiger partial charge in [-0.05, 0) is 74.1 Å². The quantitative estimate of drug-likeness (QED) is 0.268. The van der Waals surface area contributed by atoms with Crippen LogP contribution in [0.15, 0.2) is 48.1 Å². The first kappa shape index (κ1) is 28.3. The van der Waals surface area contributed by atoms with E-state index in [0.717, 1.165) is 23.8 Å². The third kappa shape index (κ3) is 13.4. The van der Waals surface area contributed by atoms with Crippen LogP contribution < -0.4 is 5.32 Å². The van der Waals surface area contributed by atoms with Gasteiger partial charge in [0.05, 0.1) is 0 Å². The first-order valence-corrected chi connectivity index (χ1v) is 14.3. The van der Waals surface area contributed by atoms with Gasteiger partial charge in [-0.3, -0.25) is 0 Å². The lowest BCUT2D eigenvalue weighted by atomic mass is 9.87. The molecule has 31 heavy (non-hydrogen) atoms. The largest absolute Gasteiger partial charge is 0.314 e. The van der Waals surface area contributed by atoms with Crippen LogP contribution in [0.4, 0.5) is 0 Å². The van der Waals surface area contributed by atoms with Crippen molar-refractivity contribution in [1.82, 2.24) is 5.32 Å². The van der Waals surface area contributed by atoms with Crippen molar-refractivity contribution in [2.75, 3.05) is 18.1 Å². The number of thioether (sulfide) groups is 1. The molecule has 2 aliphatic carbocycles. The van der Waals surface area contributed by atoms with Gasteiger partial charge in [0.1, 0.15) is 0 Å². The van der Waals surface area contributed by atoms with E-state index in [-0.39, 0.29) is 0 Å². The summed E-state index contributed by atoms with van der Waals surface area (Å²) < 4.78 is 0. The predicted molar refractivity (Wildman–Crippen MR) is 145 cm³/mol. The maximum atomic E-state index is 3.71. The molecule has 0 aromatic rings. The fourth-order valence-corrected chi connectivity index (χ4v) is 5.05. The average Bonchev–Trinajstić information content (AvgIpc) is 2.83.